The third-order valence-corrected chi connectivity index (χ3v) is 4.50. The van der Waals surface area contributed by atoms with E-state index in [4.69, 9.17) is 4.74 Å². The monoisotopic (exact) mass is 287 g/mol. The molecule has 2 aromatic rings. The second-order valence-corrected chi connectivity index (χ2v) is 5.96. The Kier molecular flexibility index (Phi) is 3.03. The van der Waals surface area contributed by atoms with Crippen molar-refractivity contribution >= 4 is 0 Å². The van der Waals surface area contributed by atoms with Gasteiger partial charge in [0.2, 0.25) is 0 Å². The molecule has 1 aliphatic heterocycles. The van der Waals surface area contributed by atoms with E-state index in [0.717, 1.165) is 24.4 Å². The maximum absolute atomic E-state index is 14.2. The standard InChI is InChI=1S/C16H18FN3O/c1-21-9-11-7-12(11)15-18-16-13(17)8-14(20(16)19-15)10-5-3-2-4-6-10/h2-6,11-14H,7-9H2,1H3/t11-,12+,13-,14-/m0/s1. The highest BCUT2D eigenvalue weighted by Crippen LogP contribution is 2.48. The fourth-order valence-corrected chi connectivity index (χ4v) is 3.27. The Morgan fingerprint density at radius 1 is 1.29 bits per heavy atom. The van der Waals surface area contributed by atoms with Gasteiger partial charge in [0, 0.05) is 26.1 Å². The van der Waals surface area contributed by atoms with E-state index in [1.54, 1.807) is 11.8 Å². The molecule has 0 N–H and O–H groups in total. The molecular weight excluding hydrogens is 269 g/mol. The first-order valence-corrected chi connectivity index (χ1v) is 7.42. The lowest BCUT2D eigenvalue weighted by atomic mass is 10.0. The van der Waals surface area contributed by atoms with E-state index < -0.39 is 6.17 Å². The molecule has 0 bridgehead atoms. The second kappa shape index (κ2) is 4.91. The van der Waals surface area contributed by atoms with Gasteiger partial charge in [-0.15, -0.1) is 0 Å². The molecule has 0 radical (unpaired) electrons. The van der Waals surface area contributed by atoms with Crippen LogP contribution in [0.4, 0.5) is 4.39 Å². The summed E-state index contributed by atoms with van der Waals surface area (Å²) in [6.07, 6.45) is 0.465. The molecule has 4 atom stereocenters. The molecule has 1 aromatic heterocycles. The zero-order chi connectivity index (χ0) is 14.4. The molecular formula is C16H18FN3O. The van der Waals surface area contributed by atoms with Gasteiger partial charge in [0.05, 0.1) is 6.04 Å². The van der Waals surface area contributed by atoms with Gasteiger partial charge in [-0.05, 0) is 17.9 Å². The van der Waals surface area contributed by atoms with Crippen LogP contribution in [0.15, 0.2) is 30.3 Å². The van der Waals surface area contributed by atoms with Crippen molar-refractivity contribution in [2.75, 3.05) is 13.7 Å². The van der Waals surface area contributed by atoms with Crippen molar-refractivity contribution in [1.29, 1.82) is 0 Å². The predicted octanol–water partition coefficient (Wildman–Crippen LogP) is 3.03. The van der Waals surface area contributed by atoms with Crippen LogP contribution in [0, 0.1) is 5.92 Å². The van der Waals surface area contributed by atoms with Crippen LogP contribution in [0.3, 0.4) is 0 Å². The Balaban J connectivity index is 1.63. The largest absolute Gasteiger partial charge is 0.384 e. The van der Waals surface area contributed by atoms with Crippen molar-refractivity contribution in [3.8, 4) is 0 Å². The third kappa shape index (κ3) is 2.16. The SMILES string of the molecule is COC[C@@H]1C[C@H]1c1nc2n(n1)[C@H](c1ccccc1)C[C@@H]2F. The third-order valence-electron chi connectivity index (χ3n) is 4.50. The molecule has 110 valence electrons. The first kappa shape index (κ1) is 13.0. The summed E-state index contributed by atoms with van der Waals surface area (Å²) in [4.78, 5) is 4.46. The highest BCUT2D eigenvalue weighted by atomic mass is 19.1. The molecule has 4 rings (SSSR count). The normalized spacial score (nSPS) is 30.4. The Morgan fingerprint density at radius 2 is 2.10 bits per heavy atom. The minimum atomic E-state index is -1.02. The molecule has 0 unspecified atom stereocenters. The highest BCUT2D eigenvalue weighted by Gasteiger charge is 2.44. The number of fused-ring (bicyclic) bond motifs is 1. The van der Waals surface area contributed by atoms with Crippen LogP contribution in [0.1, 0.15) is 48.2 Å². The number of methoxy groups -OCH3 is 1. The first-order chi connectivity index (χ1) is 10.3. The van der Waals surface area contributed by atoms with E-state index >= 15 is 0 Å². The summed E-state index contributed by atoms with van der Waals surface area (Å²) < 4.78 is 21.2. The Bertz CT molecular complexity index is 642. The molecule has 0 amide bonds. The van der Waals surface area contributed by atoms with E-state index in [9.17, 15) is 4.39 Å². The van der Waals surface area contributed by atoms with Gasteiger partial charge in [-0.1, -0.05) is 30.3 Å². The van der Waals surface area contributed by atoms with Crippen molar-refractivity contribution in [2.24, 2.45) is 5.92 Å². The molecule has 0 saturated heterocycles. The summed E-state index contributed by atoms with van der Waals surface area (Å²) in [6.45, 7) is 0.732. The smallest absolute Gasteiger partial charge is 0.162 e. The van der Waals surface area contributed by atoms with Crippen LogP contribution >= 0.6 is 0 Å². The van der Waals surface area contributed by atoms with Gasteiger partial charge in [0.25, 0.3) is 0 Å². The maximum atomic E-state index is 14.2. The maximum Gasteiger partial charge on any atom is 0.162 e. The summed E-state index contributed by atoms with van der Waals surface area (Å²) in [5.74, 6) is 2.11. The van der Waals surface area contributed by atoms with Crippen molar-refractivity contribution in [3.05, 3.63) is 47.5 Å². The van der Waals surface area contributed by atoms with Crippen molar-refractivity contribution in [2.45, 2.75) is 31.0 Å². The Hall–Kier alpha value is -1.75. The number of halogens is 1. The number of aromatic nitrogens is 3. The molecule has 1 aliphatic carbocycles. The molecule has 1 fully saturated rings. The molecule has 2 aliphatic rings. The van der Waals surface area contributed by atoms with Crippen LogP contribution in [-0.4, -0.2) is 28.5 Å². The van der Waals surface area contributed by atoms with Gasteiger partial charge in [-0.25, -0.2) is 14.1 Å². The lowest BCUT2D eigenvalue weighted by Crippen LogP contribution is -2.07. The Morgan fingerprint density at radius 3 is 2.86 bits per heavy atom. The van der Waals surface area contributed by atoms with Crippen LogP contribution in [0.25, 0.3) is 0 Å². The number of hydrogen-bond acceptors (Lipinski definition) is 3. The minimum Gasteiger partial charge on any atom is -0.384 e. The zero-order valence-electron chi connectivity index (χ0n) is 11.9. The van der Waals surface area contributed by atoms with Crippen molar-refractivity contribution in [1.82, 2.24) is 14.8 Å². The van der Waals surface area contributed by atoms with Crippen LogP contribution in [0.5, 0.6) is 0 Å². The fraction of sp³-hybridized carbons (Fsp3) is 0.500. The van der Waals surface area contributed by atoms with E-state index in [2.05, 4.69) is 10.1 Å². The summed E-state index contributed by atoms with van der Waals surface area (Å²) in [5.41, 5.74) is 1.10. The molecule has 2 heterocycles. The summed E-state index contributed by atoms with van der Waals surface area (Å²) in [5, 5.41) is 4.60. The average Bonchev–Trinajstić information content (AvgIpc) is 3.02. The van der Waals surface area contributed by atoms with Crippen LogP contribution in [0.2, 0.25) is 0 Å². The van der Waals surface area contributed by atoms with Gasteiger partial charge in [0.1, 0.15) is 0 Å². The number of benzene rings is 1. The quantitative estimate of drug-likeness (QED) is 0.867. The Labute approximate surface area is 123 Å². The first-order valence-electron chi connectivity index (χ1n) is 7.42. The van der Waals surface area contributed by atoms with Gasteiger partial charge in [0.15, 0.2) is 17.8 Å². The molecule has 1 saturated carbocycles. The van der Waals surface area contributed by atoms with Gasteiger partial charge < -0.3 is 4.74 Å². The highest BCUT2D eigenvalue weighted by molar-refractivity contribution is 5.24. The predicted molar refractivity (Wildman–Crippen MR) is 75.8 cm³/mol. The van der Waals surface area contributed by atoms with Crippen molar-refractivity contribution in [3.63, 3.8) is 0 Å². The minimum absolute atomic E-state index is 0.0305. The fourth-order valence-electron chi connectivity index (χ4n) is 3.27. The molecule has 5 heteroatoms. The van der Waals surface area contributed by atoms with E-state index in [1.807, 2.05) is 30.3 Å². The number of rotatable bonds is 4. The molecule has 1 aromatic carbocycles. The lowest BCUT2D eigenvalue weighted by Gasteiger charge is -2.11. The van der Waals surface area contributed by atoms with Gasteiger partial charge >= 0.3 is 0 Å². The number of alkyl halides is 1. The summed E-state index contributed by atoms with van der Waals surface area (Å²) >= 11 is 0. The molecule has 21 heavy (non-hydrogen) atoms. The molecule has 0 spiro atoms. The average molecular weight is 287 g/mol. The van der Waals surface area contributed by atoms with Gasteiger partial charge in [-0.2, -0.15) is 5.10 Å². The number of nitrogens with zero attached hydrogens (tertiary/aromatic N) is 3. The van der Waals surface area contributed by atoms with E-state index in [0.29, 0.717) is 24.1 Å². The van der Waals surface area contributed by atoms with E-state index in [-0.39, 0.29) is 6.04 Å². The summed E-state index contributed by atoms with van der Waals surface area (Å²) in [6, 6.07) is 9.95. The van der Waals surface area contributed by atoms with Crippen molar-refractivity contribution < 1.29 is 9.13 Å². The van der Waals surface area contributed by atoms with E-state index in [1.165, 1.54) is 0 Å². The number of ether oxygens (including phenoxy) is 1. The number of hydrogen-bond donors (Lipinski definition) is 0. The summed E-state index contributed by atoms with van der Waals surface area (Å²) in [7, 11) is 1.71. The van der Waals surface area contributed by atoms with Crippen LogP contribution < -0.4 is 0 Å². The zero-order valence-corrected chi connectivity index (χ0v) is 11.9. The topological polar surface area (TPSA) is 39.9 Å². The lowest BCUT2D eigenvalue weighted by molar-refractivity contribution is 0.184. The second-order valence-electron chi connectivity index (χ2n) is 5.96. The van der Waals surface area contributed by atoms with Gasteiger partial charge in [-0.3, -0.25) is 0 Å². The molecule has 4 nitrogen and oxygen atoms in total. The van der Waals surface area contributed by atoms with Crippen LogP contribution in [-0.2, 0) is 4.74 Å².